The molecule has 0 saturated heterocycles. The molecule has 0 aliphatic heterocycles. The summed E-state index contributed by atoms with van der Waals surface area (Å²) in [5.41, 5.74) is 6.77. The van der Waals surface area contributed by atoms with Gasteiger partial charge in [0.2, 0.25) is 5.91 Å². The quantitative estimate of drug-likeness (QED) is 0.752. The number of benzene rings is 1. The Labute approximate surface area is 133 Å². The first kappa shape index (κ1) is 18.0. The maximum atomic E-state index is 12.0. The zero-order valence-corrected chi connectivity index (χ0v) is 14.3. The van der Waals surface area contributed by atoms with Gasteiger partial charge >= 0.3 is 0 Å². The third-order valence-electron chi connectivity index (χ3n) is 3.39. The van der Waals surface area contributed by atoms with Crippen molar-refractivity contribution in [1.82, 2.24) is 0 Å². The predicted octanol–water partition coefficient (Wildman–Crippen LogP) is 3.43. The van der Waals surface area contributed by atoms with Crippen LogP contribution >= 0.6 is 11.6 Å². The molecular formula is C15H23ClN2O2S. The summed E-state index contributed by atoms with van der Waals surface area (Å²) >= 11 is 5.80. The fourth-order valence-corrected chi connectivity index (χ4v) is 3.31. The van der Waals surface area contributed by atoms with Gasteiger partial charge in [0.25, 0.3) is 0 Å². The van der Waals surface area contributed by atoms with Crippen LogP contribution in [0, 0.1) is 5.92 Å². The van der Waals surface area contributed by atoms with Crippen LogP contribution in [0.4, 0.5) is 11.4 Å². The van der Waals surface area contributed by atoms with Crippen LogP contribution in [0.1, 0.15) is 33.6 Å². The molecule has 6 heteroatoms. The number of carbonyl (C=O) groups is 1. The minimum absolute atomic E-state index is 0.127. The van der Waals surface area contributed by atoms with E-state index in [9.17, 15) is 9.00 Å². The Balaban J connectivity index is 2.39. The van der Waals surface area contributed by atoms with Crippen molar-refractivity contribution >= 4 is 39.7 Å². The average Bonchev–Trinajstić information content (AvgIpc) is 2.40. The lowest BCUT2D eigenvalue weighted by Crippen LogP contribution is -2.21. The first-order chi connectivity index (χ1) is 9.81. The van der Waals surface area contributed by atoms with Gasteiger partial charge in [0.1, 0.15) is 0 Å². The van der Waals surface area contributed by atoms with Gasteiger partial charge in [0.05, 0.1) is 11.4 Å². The van der Waals surface area contributed by atoms with E-state index in [1.54, 1.807) is 18.2 Å². The number of carbonyl (C=O) groups excluding carboxylic acids is 1. The van der Waals surface area contributed by atoms with Gasteiger partial charge in [-0.2, -0.15) is 0 Å². The molecule has 2 unspecified atom stereocenters. The summed E-state index contributed by atoms with van der Waals surface area (Å²) in [6, 6.07) is 4.94. The van der Waals surface area contributed by atoms with Crippen molar-refractivity contribution in [1.29, 1.82) is 0 Å². The third kappa shape index (κ3) is 6.06. The van der Waals surface area contributed by atoms with E-state index in [1.807, 2.05) is 6.92 Å². The van der Waals surface area contributed by atoms with E-state index in [2.05, 4.69) is 19.2 Å². The number of nitrogen functional groups attached to an aromatic ring is 1. The summed E-state index contributed by atoms with van der Waals surface area (Å²) in [6.45, 7) is 6.09. The number of halogens is 1. The minimum atomic E-state index is -0.887. The molecule has 4 nitrogen and oxygen atoms in total. The molecule has 0 bridgehead atoms. The molecule has 0 heterocycles. The molecule has 0 aliphatic carbocycles. The summed E-state index contributed by atoms with van der Waals surface area (Å²) in [5, 5.41) is 3.43. The highest BCUT2D eigenvalue weighted by Gasteiger charge is 2.15. The van der Waals surface area contributed by atoms with Crippen LogP contribution in [0.5, 0.6) is 0 Å². The van der Waals surface area contributed by atoms with Crippen molar-refractivity contribution in [3.05, 3.63) is 23.2 Å². The Hall–Kier alpha value is -1.07. The van der Waals surface area contributed by atoms with Crippen molar-refractivity contribution < 1.29 is 9.00 Å². The minimum Gasteiger partial charge on any atom is -0.397 e. The summed E-state index contributed by atoms with van der Waals surface area (Å²) in [6.07, 6.45) is 0.932. The Morgan fingerprint density at radius 3 is 2.62 bits per heavy atom. The van der Waals surface area contributed by atoms with Crippen LogP contribution in [0.3, 0.4) is 0 Å². The normalized spacial score (nSPS) is 14.0. The second kappa shape index (κ2) is 8.39. The number of nitrogens with one attached hydrogen (secondary N) is 1. The van der Waals surface area contributed by atoms with Crippen LogP contribution in [-0.4, -0.2) is 21.1 Å². The first-order valence-electron chi connectivity index (χ1n) is 7.03. The molecule has 0 fully saturated rings. The molecule has 0 radical (unpaired) electrons. The van der Waals surface area contributed by atoms with Gasteiger partial charge in [0.15, 0.2) is 0 Å². The molecule has 118 valence electrons. The van der Waals surface area contributed by atoms with Crippen molar-refractivity contribution in [2.24, 2.45) is 5.92 Å². The topological polar surface area (TPSA) is 72.2 Å². The Bertz CT molecular complexity index is 520. The third-order valence-corrected chi connectivity index (χ3v) is 5.69. The van der Waals surface area contributed by atoms with Gasteiger partial charge < -0.3 is 11.1 Å². The van der Waals surface area contributed by atoms with Crippen molar-refractivity contribution in [3.63, 3.8) is 0 Å². The van der Waals surface area contributed by atoms with E-state index in [0.29, 0.717) is 40.9 Å². The average molecular weight is 331 g/mol. The Kier molecular flexibility index (Phi) is 7.18. The highest BCUT2D eigenvalue weighted by Crippen LogP contribution is 2.22. The van der Waals surface area contributed by atoms with Gasteiger partial charge in [0, 0.05) is 33.2 Å². The zero-order valence-electron chi connectivity index (χ0n) is 12.7. The van der Waals surface area contributed by atoms with Crippen LogP contribution in [0.2, 0.25) is 5.02 Å². The number of amides is 1. The maximum Gasteiger partial charge on any atom is 0.224 e. The maximum absolute atomic E-state index is 12.0. The summed E-state index contributed by atoms with van der Waals surface area (Å²) in [4.78, 5) is 11.8. The number of nitrogens with two attached hydrogens (primary N) is 1. The predicted molar refractivity (Wildman–Crippen MR) is 91.0 cm³/mol. The largest absolute Gasteiger partial charge is 0.397 e. The second-order valence-corrected chi connectivity index (χ2v) is 7.77. The molecule has 0 spiro atoms. The van der Waals surface area contributed by atoms with E-state index in [0.717, 1.165) is 0 Å². The van der Waals surface area contributed by atoms with Crippen LogP contribution in [0.25, 0.3) is 0 Å². The lowest BCUT2D eigenvalue weighted by Gasteiger charge is -2.14. The molecule has 0 aromatic heterocycles. The molecule has 0 aliphatic rings. The first-order valence-corrected chi connectivity index (χ1v) is 8.79. The van der Waals surface area contributed by atoms with Gasteiger partial charge in [-0.1, -0.05) is 32.4 Å². The number of hydrogen-bond donors (Lipinski definition) is 2. The fraction of sp³-hybridized carbons (Fsp3) is 0.533. The van der Waals surface area contributed by atoms with Gasteiger partial charge in [-0.15, -0.1) is 0 Å². The number of anilines is 2. The van der Waals surface area contributed by atoms with E-state index in [1.165, 1.54) is 0 Å². The standard InChI is InChI=1S/C15H23ClN2O2S/c1-10(2)11(3)21(20)8-4-5-15(19)18-14-7-6-12(16)9-13(14)17/h6-7,9-11H,4-5,8,17H2,1-3H3,(H,18,19). The van der Waals surface area contributed by atoms with Crippen molar-refractivity contribution in [2.75, 3.05) is 16.8 Å². The fourth-order valence-electron chi connectivity index (χ4n) is 1.72. The summed E-state index contributed by atoms with van der Waals surface area (Å²) in [5.74, 6) is 0.801. The van der Waals surface area contributed by atoms with E-state index < -0.39 is 10.8 Å². The SMILES string of the molecule is CC(C)C(C)S(=O)CCCC(=O)Nc1ccc(Cl)cc1N. The number of hydrogen-bond acceptors (Lipinski definition) is 3. The molecule has 1 aromatic rings. The van der Waals surface area contributed by atoms with Gasteiger partial charge in [-0.3, -0.25) is 9.00 Å². The molecule has 3 N–H and O–H groups in total. The molecular weight excluding hydrogens is 308 g/mol. The summed E-state index contributed by atoms with van der Waals surface area (Å²) < 4.78 is 12.0. The highest BCUT2D eigenvalue weighted by atomic mass is 35.5. The Morgan fingerprint density at radius 2 is 2.05 bits per heavy atom. The van der Waals surface area contributed by atoms with Gasteiger partial charge in [-0.05, 0) is 30.5 Å². The van der Waals surface area contributed by atoms with E-state index in [4.69, 9.17) is 17.3 Å². The lowest BCUT2D eigenvalue weighted by atomic mass is 10.2. The van der Waals surface area contributed by atoms with E-state index >= 15 is 0 Å². The second-order valence-electron chi connectivity index (χ2n) is 5.42. The molecule has 21 heavy (non-hydrogen) atoms. The molecule has 1 aromatic carbocycles. The molecule has 1 rings (SSSR count). The zero-order chi connectivity index (χ0) is 16.0. The van der Waals surface area contributed by atoms with E-state index in [-0.39, 0.29) is 11.2 Å². The lowest BCUT2D eigenvalue weighted by molar-refractivity contribution is -0.116. The molecule has 2 atom stereocenters. The van der Waals surface area contributed by atoms with Gasteiger partial charge in [-0.25, -0.2) is 0 Å². The van der Waals surface area contributed by atoms with Crippen LogP contribution in [0.15, 0.2) is 18.2 Å². The monoisotopic (exact) mass is 330 g/mol. The van der Waals surface area contributed by atoms with Crippen LogP contribution in [-0.2, 0) is 15.6 Å². The smallest absolute Gasteiger partial charge is 0.224 e. The Morgan fingerprint density at radius 1 is 1.38 bits per heavy atom. The van der Waals surface area contributed by atoms with Crippen molar-refractivity contribution in [3.8, 4) is 0 Å². The van der Waals surface area contributed by atoms with Crippen molar-refractivity contribution in [2.45, 2.75) is 38.9 Å². The highest BCUT2D eigenvalue weighted by molar-refractivity contribution is 7.85. The molecule has 0 saturated carbocycles. The summed E-state index contributed by atoms with van der Waals surface area (Å²) in [7, 11) is -0.887. The van der Waals surface area contributed by atoms with Crippen LogP contribution < -0.4 is 11.1 Å². The number of rotatable bonds is 7. The molecule has 1 amide bonds.